The molecule has 0 saturated carbocycles. The first-order valence-corrected chi connectivity index (χ1v) is 8.53. The van der Waals surface area contributed by atoms with Crippen LogP contribution in [0.5, 0.6) is 0 Å². The minimum atomic E-state index is -4.57. The molecule has 0 radical (unpaired) electrons. The molecule has 1 amide bonds. The Morgan fingerprint density at radius 1 is 1.15 bits per heavy atom. The summed E-state index contributed by atoms with van der Waals surface area (Å²) in [4.78, 5) is 12.5. The lowest BCUT2D eigenvalue weighted by molar-refractivity contribution is -0.139. The van der Waals surface area contributed by atoms with Crippen molar-refractivity contribution in [1.29, 1.82) is 0 Å². The Labute approximate surface area is 154 Å². The molecule has 8 heteroatoms. The Kier molecular flexibility index (Phi) is 5.79. The fraction of sp³-hybridized carbons (Fsp3) is 0.316. The molecule has 27 heavy (non-hydrogen) atoms. The Hall–Kier alpha value is -2.42. The lowest BCUT2D eigenvalue weighted by Crippen LogP contribution is -2.37. The van der Waals surface area contributed by atoms with Crippen LogP contribution in [-0.2, 0) is 11.0 Å². The molecule has 4 N–H and O–H groups in total. The zero-order valence-corrected chi connectivity index (χ0v) is 14.3. The van der Waals surface area contributed by atoms with Gasteiger partial charge < -0.3 is 10.4 Å². The first-order chi connectivity index (χ1) is 12.9. The number of rotatable bonds is 5. The van der Waals surface area contributed by atoms with Crippen molar-refractivity contribution in [3.63, 3.8) is 0 Å². The molecule has 1 fully saturated rings. The molecule has 0 aliphatic carbocycles. The van der Waals surface area contributed by atoms with Crippen LogP contribution in [0.2, 0.25) is 0 Å². The van der Waals surface area contributed by atoms with Crippen molar-refractivity contribution in [1.82, 2.24) is 16.2 Å². The third kappa shape index (κ3) is 4.47. The molecule has 1 aliphatic rings. The van der Waals surface area contributed by atoms with Gasteiger partial charge in [-0.15, -0.1) is 0 Å². The largest absolute Gasteiger partial charge is 0.416 e. The summed E-state index contributed by atoms with van der Waals surface area (Å²) in [7, 11) is 0. The molecule has 0 aromatic heterocycles. The van der Waals surface area contributed by atoms with Crippen molar-refractivity contribution in [3.05, 3.63) is 71.3 Å². The van der Waals surface area contributed by atoms with Crippen LogP contribution in [0.1, 0.15) is 28.8 Å². The summed E-state index contributed by atoms with van der Waals surface area (Å²) in [6.07, 6.45) is -6.02. The van der Waals surface area contributed by atoms with Gasteiger partial charge in [0.05, 0.1) is 23.6 Å². The normalized spacial score (nSPS) is 21.0. The van der Waals surface area contributed by atoms with E-state index < -0.39 is 23.8 Å². The number of aliphatic hydroxyl groups is 1. The molecule has 5 nitrogen and oxygen atoms in total. The van der Waals surface area contributed by atoms with Crippen molar-refractivity contribution < 1.29 is 23.1 Å². The third-order valence-corrected chi connectivity index (χ3v) is 4.57. The Balaban J connectivity index is 1.66. The Morgan fingerprint density at radius 2 is 1.81 bits per heavy atom. The highest BCUT2D eigenvalue weighted by atomic mass is 19.4. The highest BCUT2D eigenvalue weighted by Gasteiger charge is 2.36. The summed E-state index contributed by atoms with van der Waals surface area (Å²) in [5.74, 6) is -0.789. The first-order valence-electron chi connectivity index (χ1n) is 8.53. The summed E-state index contributed by atoms with van der Waals surface area (Å²) in [6, 6.07) is 13.9. The van der Waals surface area contributed by atoms with E-state index in [1.54, 1.807) is 0 Å². The zero-order valence-electron chi connectivity index (χ0n) is 14.3. The molecule has 2 aromatic rings. The molecule has 0 bridgehead atoms. The van der Waals surface area contributed by atoms with E-state index in [9.17, 15) is 23.1 Å². The van der Waals surface area contributed by atoms with Crippen LogP contribution in [0.3, 0.4) is 0 Å². The van der Waals surface area contributed by atoms with Gasteiger partial charge in [-0.05, 0) is 17.2 Å². The van der Waals surface area contributed by atoms with Gasteiger partial charge in [0.2, 0.25) is 5.91 Å². The molecule has 3 unspecified atom stereocenters. The number of benzene rings is 2. The van der Waals surface area contributed by atoms with Gasteiger partial charge in [0.15, 0.2) is 0 Å². The number of hydrogen-bond acceptors (Lipinski definition) is 4. The lowest BCUT2D eigenvalue weighted by Gasteiger charge is -2.21. The molecule has 1 aliphatic heterocycles. The maximum Gasteiger partial charge on any atom is 0.416 e. The number of alkyl halides is 3. The smallest absolute Gasteiger partial charge is 0.387 e. The van der Waals surface area contributed by atoms with Crippen molar-refractivity contribution in [3.8, 4) is 0 Å². The van der Waals surface area contributed by atoms with E-state index in [-0.39, 0.29) is 24.1 Å². The van der Waals surface area contributed by atoms with E-state index in [4.69, 9.17) is 0 Å². The van der Waals surface area contributed by atoms with E-state index in [1.807, 2.05) is 30.3 Å². The average Bonchev–Trinajstić information content (AvgIpc) is 3.16. The topological polar surface area (TPSA) is 73.4 Å². The monoisotopic (exact) mass is 379 g/mol. The van der Waals surface area contributed by atoms with E-state index in [2.05, 4.69) is 16.2 Å². The molecule has 1 heterocycles. The predicted octanol–water partition coefficient (Wildman–Crippen LogP) is 2.32. The second kappa shape index (κ2) is 8.08. The van der Waals surface area contributed by atoms with E-state index in [0.717, 1.165) is 11.6 Å². The zero-order chi connectivity index (χ0) is 19.4. The van der Waals surface area contributed by atoms with E-state index in [0.29, 0.717) is 6.54 Å². The minimum Gasteiger partial charge on any atom is -0.387 e. The number of aliphatic hydroxyl groups excluding tert-OH is 1. The van der Waals surface area contributed by atoms with Crippen molar-refractivity contribution >= 4 is 5.91 Å². The SMILES string of the molecule is O=C(NCC(O)c1ccccc1C(F)(F)F)C1CNNC1c1ccccc1. The first kappa shape index (κ1) is 19.3. The number of carbonyl (C=O) groups excluding carboxylic acids is 1. The van der Waals surface area contributed by atoms with Crippen molar-refractivity contribution in [2.75, 3.05) is 13.1 Å². The fourth-order valence-corrected chi connectivity index (χ4v) is 3.20. The molecular weight excluding hydrogens is 359 g/mol. The van der Waals surface area contributed by atoms with Gasteiger partial charge in [0.1, 0.15) is 0 Å². The summed E-state index contributed by atoms with van der Waals surface area (Å²) in [5, 5.41) is 12.8. The third-order valence-electron chi connectivity index (χ3n) is 4.57. The van der Waals surface area contributed by atoms with Gasteiger partial charge in [0, 0.05) is 13.1 Å². The number of hydrogen-bond donors (Lipinski definition) is 4. The Morgan fingerprint density at radius 3 is 2.52 bits per heavy atom. The van der Waals surface area contributed by atoms with Crippen molar-refractivity contribution in [2.45, 2.75) is 18.3 Å². The van der Waals surface area contributed by atoms with Gasteiger partial charge in [-0.1, -0.05) is 48.5 Å². The molecule has 3 rings (SSSR count). The highest BCUT2D eigenvalue weighted by molar-refractivity contribution is 5.80. The predicted molar refractivity (Wildman–Crippen MR) is 93.2 cm³/mol. The van der Waals surface area contributed by atoms with Crippen LogP contribution in [0.4, 0.5) is 13.2 Å². The van der Waals surface area contributed by atoms with Gasteiger partial charge in [-0.2, -0.15) is 13.2 Å². The molecule has 2 aromatic carbocycles. The molecular formula is C19H20F3N3O2. The molecule has 0 spiro atoms. The van der Waals surface area contributed by atoms with Gasteiger partial charge >= 0.3 is 6.18 Å². The number of hydrazine groups is 1. The average molecular weight is 379 g/mol. The van der Waals surface area contributed by atoms with Crippen LogP contribution in [0.15, 0.2) is 54.6 Å². The summed E-state index contributed by atoms with van der Waals surface area (Å²) in [6.45, 7) is 0.0740. The van der Waals surface area contributed by atoms with Crippen LogP contribution < -0.4 is 16.2 Å². The second-order valence-corrected chi connectivity index (χ2v) is 6.37. The number of halogens is 3. The van der Waals surface area contributed by atoms with Gasteiger partial charge in [0.25, 0.3) is 0 Å². The van der Waals surface area contributed by atoms with E-state index >= 15 is 0 Å². The molecule has 1 saturated heterocycles. The van der Waals surface area contributed by atoms with Crippen LogP contribution >= 0.6 is 0 Å². The quantitative estimate of drug-likeness (QED) is 0.643. The van der Waals surface area contributed by atoms with Gasteiger partial charge in [-0.3, -0.25) is 10.2 Å². The maximum atomic E-state index is 13.1. The summed E-state index contributed by atoms with van der Waals surface area (Å²) >= 11 is 0. The number of nitrogens with one attached hydrogen (secondary N) is 3. The standard InChI is InChI=1S/C19H20F3N3O2/c20-19(21,22)15-9-5-4-8-13(15)16(26)11-23-18(27)14-10-24-25-17(14)12-6-2-1-3-7-12/h1-9,14,16-17,24-26H,10-11H2,(H,23,27). The van der Waals surface area contributed by atoms with E-state index in [1.165, 1.54) is 18.2 Å². The minimum absolute atomic E-state index is 0.257. The second-order valence-electron chi connectivity index (χ2n) is 6.37. The van der Waals surface area contributed by atoms with Crippen LogP contribution in [0, 0.1) is 5.92 Å². The summed E-state index contributed by atoms with van der Waals surface area (Å²) < 4.78 is 39.2. The molecule has 3 atom stereocenters. The number of carbonyl (C=O) groups is 1. The number of amides is 1. The lowest BCUT2D eigenvalue weighted by atomic mass is 9.94. The van der Waals surface area contributed by atoms with Gasteiger partial charge in [-0.25, -0.2) is 5.43 Å². The maximum absolute atomic E-state index is 13.1. The van der Waals surface area contributed by atoms with Crippen LogP contribution in [-0.4, -0.2) is 24.1 Å². The fourth-order valence-electron chi connectivity index (χ4n) is 3.20. The summed E-state index contributed by atoms with van der Waals surface area (Å²) in [5.41, 5.74) is 5.72. The Bertz CT molecular complexity index is 783. The van der Waals surface area contributed by atoms with Crippen molar-refractivity contribution in [2.24, 2.45) is 5.92 Å². The highest BCUT2D eigenvalue weighted by Crippen LogP contribution is 2.34. The van der Waals surface area contributed by atoms with Crippen LogP contribution in [0.25, 0.3) is 0 Å². The molecule has 144 valence electrons.